The molecule has 2 atom stereocenters. The van der Waals surface area contributed by atoms with Gasteiger partial charge < -0.3 is 14.7 Å². The van der Waals surface area contributed by atoms with Gasteiger partial charge in [-0.05, 0) is 31.9 Å². The average molecular weight is 251 g/mol. The molecule has 0 aliphatic rings. The van der Waals surface area contributed by atoms with Crippen LogP contribution in [0.4, 0.5) is 5.69 Å². The van der Waals surface area contributed by atoms with E-state index in [1.54, 1.807) is 14.0 Å². The minimum absolute atomic E-state index is 0.398. The Balaban J connectivity index is 3.23. The zero-order chi connectivity index (χ0) is 13.9. The van der Waals surface area contributed by atoms with Gasteiger partial charge in [-0.2, -0.15) is 0 Å². The molecule has 0 aliphatic heterocycles. The first-order chi connectivity index (χ1) is 8.40. The number of nitrogens with zero attached hydrogens (tertiary/aromatic N) is 1. The van der Waals surface area contributed by atoms with Gasteiger partial charge in [0.2, 0.25) is 0 Å². The summed E-state index contributed by atoms with van der Waals surface area (Å²) in [6.07, 6.45) is -0.544. The van der Waals surface area contributed by atoms with Gasteiger partial charge in [-0.25, -0.2) is 0 Å². The number of hydrogen-bond donors (Lipinski definition) is 1. The summed E-state index contributed by atoms with van der Waals surface area (Å²) in [5, 5.41) is 9.98. The molecular formula is C15H25NO2. The summed E-state index contributed by atoms with van der Waals surface area (Å²) in [4.78, 5) is 2.20. The second-order valence-electron chi connectivity index (χ2n) is 5.16. The molecule has 3 nitrogen and oxygen atoms in total. The Labute approximate surface area is 110 Å². The van der Waals surface area contributed by atoms with Crippen LogP contribution in [0, 0.1) is 5.92 Å². The van der Waals surface area contributed by atoms with E-state index in [0.29, 0.717) is 12.0 Å². The van der Waals surface area contributed by atoms with Gasteiger partial charge in [0, 0.05) is 24.3 Å². The van der Waals surface area contributed by atoms with E-state index in [1.165, 1.54) is 0 Å². The van der Waals surface area contributed by atoms with E-state index in [4.69, 9.17) is 4.74 Å². The highest BCUT2D eigenvalue weighted by atomic mass is 16.5. The van der Waals surface area contributed by atoms with Crippen molar-refractivity contribution in [1.82, 2.24) is 0 Å². The first-order valence-electron chi connectivity index (χ1n) is 6.48. The number of ether oxygens (including phenoxy) is 1. The van der Waals surface area contributed by atoms with E-state index in [0.717, 1.165) is 17.0 Å². The Morgan fingerprint density at radius 3 is 2.22 bits per heavy atom. The van der Waals surface area contributed by atoms with Crippen LogP contribution in [0.15, 0.2) is 18.2 Å². The third kappa shape index (κ3) is 2.96. The molecule has 18 heavy (non-hydrogen) atoms. The second-order valence-corrected chi connectivity index (χ2v) is 5.16. The van der Waals surface area contributed by atoms with Crippen LogP contribution in [0.2, 0.25) is 0 Å². The lowest BCUT2D eigenvalue weighted by atomic mass is 10.0. The molecule has 1 aromatic rings. The van der Waals surface area contributed by atoms with Crippen molar-refractivity contribution >= 4 is 5.69 Å². The Morgan fingerprint density at radius 2 is 1.78 bits per heavy atom. The van der Waals surface area contributed by atoms with Gasteiger partial charge in [-0.3, -0.25) is 0 Å². The molecule has 0 aliphatic carbocycles. The van der Waals surface area contributed by atoms with E-state index in [-0.39, 0.29) is 0 Å². The molecule has 1 rings (SSSR count). The van der Waals surface area contributed by atoms with Gasteiger partial charge in [0.05, 0.1) is 13.2 Å². The lowest BCUT2D eigenvalue weighted by Gasteiger charge is -2.32. The zero-order valence-electron chi connectivity index (χ0n) is 12.3. The van der Waals surface area contributed by atoms with Crippen LogP contribution in [0.3, 0.4) is 0 Å². The van der Waals surface area contributed by atoms with Crippen LogP contribution in [-0.2, 0) is 0 Å². The highest BCUT2D eigenvalue weighted by molar-refractivity contribution is 5.60. The average Bonchev–Trinajstić information content (AvgIpc) is 2.35. The number of hydrogen-bond acceptors (Lipinski definition) is 3. The Bertz CT molecular complexity index is 388. The number of aliphatic hydroxyl groups excluding tert-OH is 1. The standard InChI is InChI=1S/C15H25NO2/c1-10(2)11(3)16(5)13-8-7-9-14(18-6)15(13)12(4)17/h7-12,17H,1-6H3/t11?,12-/m1/s1. The van der Waals surface area contributed by atoms with Crippen molar-refractivity contribution in [1.29, 1.82) is 0 Å². The number of methoxy groups -OCH3 is 1. The fraction of sp³-hybridized carbons (Fsp3) is 0.600. The maximum atomic E-state index is 9.98. The normalized spacial score (nSPS) is 14.4. The summed E-state index contributed by atoms with van der Waals surface area (Å²) < 4.78 is 5.35. The third-order valence-electron chi connectivity index (χ3n) is 3.64. The summed E-state index contributed by atoms with van der Waals surface area (Å²) >= 11 is 0. The molecule has 1 unspecified atom stereocenters. The first-order valence-corrected chi connectivity index (χ1v) is 6.48. The molecule has 0 fully saturated rings. The summed E-state index contributed by atoms with van der Waals surface area (Å²) in [5.41, 5.74) is 1.89. The van der Waals surface area contributed by atoms with Crippen molar-refractivity contribution in [2.24, 2.45) is 5.92 Å². The van der Waals surface area contributed by atoms with E-state index >= 15 is 0 Å². The monoisotopic (exact) mass is 251 g/mol. The number of rotatable bonds is 5. The molecule has 0 radical (unpaired) electrons. The van der Waals surface area contributed by atoms with E-state index < -0.39 is 6.10 Å². The summed E-state index contributed by atoms with van der Waals surface area (Å²) in [6, 6.07) is 6.28. The number of aliphatic hydroxyl groups is 1. The van der Waals surface area contributed by atoms with Crippen LogP contribution in [0.5, 0.6) is 5.75 Å². The summed E-state index contributed by atoms with van der Waals surface area (Å²) in [5.74, 6) is 1.29. The third-order valence-corrected chi connectivity index (χ3v) is 3.64. The highest BCUT2D eigenvalue weighted by Crippen LogP contribution is 2.35. The van der Waals surface area contributed by atoms with E-state index in [2.05, 4.69) is 32.7 Å². The van der Waals surface area contributed by atoms with E-state index in [1.807, 2.05) is 18.2 Å². The van der Waals surface area contributed by atoms with Gasteiger partial charge in [0.1, 0.15) is 5.75 Å². The minimum atomic E-state index is -0.544. The van der Waals surface area contributed by atoms with E-state index in [9.17, 15) is 5.11 Å². The Kier molecular flexibility index (Phi) is 5.03. The van der Waals surface area contributed by atoms with Gasteiger partial charge in [0.25, 0.3) is 0 Å². The highest BCUT2D eigenvalue weighted by Gasteiger charge is 2.21. The van der Waals surface area contributed by atoms with Gasteiger partial charge in [0.15, 0.2) is 0 Å². The second kappa shape index (κ2) is 6.10. The van der Waals surface area contributed by atoms with Crippen molar-refractivity contribution in [3.8, 4) is 5.75 Å². The fourth-order valence-electron chi connectivity index (χ4n) is 2.10. The molecular weight excluding hydrogens is 226 g/mol. The molecule has 0 spiro atoms. The van der Waals surface area contributed by atoms with Crippen LogP contribution in [-0.4, -0.2) is 25.3 Å². The topological polar surface area (TPSA) is 32.7 Å². The van der Waals surface area contributed by atoms with Gasteiger partial charge >= 0.3 is 0 Å². The van der Waals surface area contributed by atoms with Crippen LogP contribution >= 0.6 is 0 Å². The SMILES string of the molecule is COc1cccc(N(C)C(C)C(C)C)c1[C@@H](C)O. The lowest BCUT2D eigenvalue weighted by Crippen LogP contribution is -2.34. The molecule has 0 aromatic heterocycles. The Morgan fingerprint density at radius 1 is 1.17 bits per heavy atom. The fourth-order valence-corrected chi connectivity index (χ4v) is 2.10. The quantitative estimate of drug-likeness (QED) is 0.872. The lowest BCUT2D eigenvalue weighted by molar-refractivity contribution is 0.194. The van der Waals surface area contributed by atoms with Crippen LogP contribution in [0.1, 0.15) is 39.4 Å². The molecule has 0 saturated heterocycles. The smallest absolute Gasteiger partial charge is 0.126 e. The molecule has 102 valence electrons. The van der Waals surface area contributed by atoms with Crippen LogP contribution in [0.25, 0.3) is 0 Å². The molecule has 1 aromatic carbocycles. The summed E-state index contributed by atoms with van der Waals surface area (Å²) in [6.45, 7) is 8.36. The van der Waals surface area contributed by atoms with Gasteiger partial charge in [-0.15, -0.1) is 0 Å². The molecule has 3 heteroatoms. The molecule has 0 amide bonds. The maximum absolute atomic E-state index is 9.98. The van der Waals surface area contributed by atoms with Gasteiger partial charge in [-0.1, -0.05) is 19.9 Å². The largest absolute Gasteiger partial charge is 0.496 e. The van der Waals surface area contributed by atoms with Crippen molar-refractivity contribution in [2.75, 3.05) is 19.1 Å². The van der Waals surface area contributed by atoms with Crippen LogP contribution < -0.4 is 9.64 Å². The number of benzene rings is 1. The van der Waals surface area contributed by atoms with Crippen molar-refractivity contribution in [3.63, 3.8) is 0 Å². The number of anilines is 1. The zero-order valence-corrected chi connectivity index (χ0v) is 12.3. The minimum Gasteiger partial charge on any atom is -0.496 e. The molecule has 1 N–H and O–H groups in total. The predicted octanol–water partition coefficient (Wildman–Crippen LogP) is 3.23. The predicted molar refractivity (Wildman–Crippen MR) is 76.3 cm³/mol. The first kappa shape index (κ1) is 14.8. The summed E-state index contributed by atoms with van der Waals surface area (Å²) in [7, 11) is 3.70. The van der Waals surface area contributed by atoms with Crippen molar-refractivity contribution < 1.29 is 9.84 Å². The van der Waals surface area contributed by atoms with Crippen molar-refractivity contribution in [3.05, 3.63) is 23.8 Å². The maximum Gasteiger partial charge on any atom is 0.126 e. The molecule has 0 saturated carbocycles. The molecule has 0 heterocycles. The molecule has 0 bridgehead atoms. The Hall–Kier alpha value is -1.22. The van der Waals surface area contributed by atoms with Crippen molar-refractivity contribution in [2.45, 2.75) is 39.8 Å².